The van der Waals surface area contributed by atoms with Gasteiger partial charge < -0.3 is 19.2 Å². The van der Waals surface area contributed by atoms with Gasteiger partial charge in [0.15, 0.2) is 17.3 Å². The molecule has 2 aromatic carbocycles. The molecule has 0 bridgehead atoms. The van der Waals surface area contributed by atoms with Crippen molar-refractivity contribution in [3.05, 3.63) is 75.1 Å². The van der Waals surface area contributed by atoms with E-state index >= 15 is 0 Å². The van der Waals surface area contributed by atoms with Gasteiger partial charge in [0.25, 0.3) is 11.8 Å². The number of nitrogens with one attached hydrogen (secondary N) is 2. The van der Waals surface area contributed by atoms with Crippen LogP contribution in [0.4, 0.5) is 5.69 Å². The summed E-state index contributed by atoms with van der Waals surface area (Å²) in [4.78, 5) is 25.5. The van der Waals surface area contributed by atoms with Crippen LogP contribution in [-0.4, -0.2) is 24.3 Å². The average Bonchev–Trinajstić information content (AvgIpc) is 3.42. The zero-order valence-electron chi connectivity index (χ0n) is 17.7. The largest absolute Gasteiger partial charge is 0.455 e. The van der Waals surface area contributed by atoms with Gasteiger partial charge in [0.05, 0.1) is 11.3 Å². The maximum atomic E-state index is 13.0. The van der Waals surface area contributed by atoms with E-state index in [0.717, 1.165) is 12.0 Å². The van der Waals surface area contributed by atoms with E-state index in [1.807, 2.05) is 13.0 Å². The first kappa shape index (κ1) is 21.3. The van der Waals surface area contributed by atoms with Crippen LogP contribution in [0.5, 0.6) is 11.5 Å². The molecule has 0 atom stereocenters. The quantitative estimate of drug-likeness (QED) is 0.491. The summed E-state index contributed by atoms with van der Waals surface area (Å²) >= 11 is 3.38. The van der Waals surface area contributed by atoms with Gasteiger partial charge in [-0.05, 0) is 60.0 Å². The van der Waals surface area contributed by atoms with Crippen LogP contribution in [0.25, 0.3) is 0 Å². The maximum Gasteiger partial charge on any atom is 0.291 e. The Hall–Kier alpha value is -3.59. The van der Waals surface area contributed by atoms with E-state index in [0.29, 0.717) is 57.1 Å². The van der Waals surface area contributed by atoms with Crippen molar-refractivity contribution in [2.24, 2.45) is 5.10 Å². The number of furan rings is 1. The van der Waals surface area contributed by atoms with Crippen LogP contribution in [0.1, 0.15) is 50.6 Å². The summed E-state index contributed by atoms with van der Waals surface area (Å²) in [7, 11) is 0. The van der Waals surface area contributed by atoms with Crippen molar-refractivity contribution in [1.29, 1.82) is 0 Å². The van der Waals surface area contributed by atoms with E-state index in [1.54, 1.807) is 36.4 Å². The van der Waals surface area contributed by atoms with Crippen molar-refractivity contribution in [1.82, 2.24) is 5.43 Å². The van der Waals surface area contributed by atoms with Crippen molar-refractivity contribution in [2.75, 3.05) is 12.1 Å². The van der Waals surface area contributed by atoms with E-state index < -0.39 is 0 Å². The van der Waals surface area contributed by atoms with E-state index in [2.05, 4.69) is 31.8 Å². The third-order valence-electron chi connectivity index (χ3n) is 5.57. The summed E-state index contributed by atoms with van der Waals surface area (Å²) in [5, 5.41) is 7.22. The predicted molar refractivity (Wildman–Crippen MR) is 125 cm³/mol. The van der Waals surface area contributed by atoms with E-state index in [9.17, 15) is 9.59 Å². The molecule has 33 heavy (non-hydrogen) atoms. The Balaban J connectivity index is 1.37. The van der Waals surface area contributed by atoms with Gasteiger partial charge in [-0.25, -0.2) is 5.43 Å². The molecule has 0 saturated heterocycles. The van der Waals surface area contributed by atoms with Crippen molar-refractivity contribution in [3.8, 4) is 11.5 Å². The number of rotatable bonds is 4. The number of amides is 2. The molecule has 2 amide bonds. The van der Waals surface area contributed by atoms with Crippen LogP contribution in [0.3, 0.4) is 0 Å². The predicted octanol–water partition coefficient (Wildman–Crippen LogP) is 4.80. The summed E-state index contributed by atoms with van der Waals surface area (Å²) < 4.78 is 17.3. The Morgan fingerprint density at radius 2 is 1.85 bits per heavy atom. The Kier molecular flexibility index (Phi) is 5.63. The first-order valence-corrected chi connectivity index (χ1v) is 11.3. The number of hydrogen-bond acceptors (Lipinski definition) is 6. The Morgan fingerprint density at radius 3 is 2.70 bits per heavy atom. The molecule has 2 heterocycles. The molecule has 2 aliphatic rings. The number of aryl methyl sites for hydroxylation is 1. The topological polar surface area (TPSA) is 102 Å². The highest BCUT2D eigenvalue weighted by Crippen LogP contribution is 2.35. The third kappa shape index (κ3) is 4.11. The van der Waals surface area contributed by atoms with Gasteiger partial charge in [-0.1, -0.05) is 12.1 Å². The monoisotopic (exact) mass is 509 g/mol. The number of hydrazone groups is 1. The molecule has 2 N–H and O–H groups in total. The summed E-state index contributed by atoms with van der Waals surface area (Å²) in [6, 6.07) is 12.3. The van der Waals surface area contributed by atoms with Gasteiger partial charge in [0.1, 0.15) is 5.76 Å². The second kappa shape index (κ2) is 8.74. The zero-order valence-corrected chi connectivity index (χ0v) is 19.3. The fraction of sp³-hybridized carbons (Fsp3) is 0.208. The molecular formula is C24H20BrN3O5. The van der Waals surface area contributed by atoms with Crippen LogP contribution >= 0.6 is 15.9 Å². The van der Waals surface area contributed by atoms with Crippen molar-refractivity contribution in [3.63, 3.8) is 0 Å². The molecule has 0 fully saturated rings. The van der Waals surface area contributed by atoms with Gasteiger partial charge >= 0.3 is 0 Å². The number of ether oxygens (including phenoxy) is 2. The van der Waals surface area contributed by atoms with E-state index in [4.69, 9.17) is 13.9 Å². The highest BCUT2D eigenvalue weighted by Gasteiger charge is 2.28. The molecule has 1 aliphatic heterocycles. The highest BCUT2D eigenvalue weighted by molar-refractivity contribution is 9.10. The fourth-order valence-electron chi connectivity index (χ4n) is 3.98. The minimum Gasteiger partial charge on any atom is -0.455 e. The second-order valence-corrected chi connectivity index (χ2v) is 8.56. The van der Waals surface area contributed by atoms with Crippen molar-refractivity contribution in [2.45, 2.75) is 26.2 Å². The second-order valence-electron chi connectivity index (χ2n) is 7.71. The number of carbonyl (C=O) groups excluding carboxylic acids is 2. The van der Waals surface area contributed by atoms with Gasteiger partial charge in [-0.2, -0.15) is 5.10 Å². The van der Waals surface area contributed by atoms with Gasteiger partial charge in [-0.15, -0.1) is 0 Å². The van der Waals surface area contributed by atoms with E-state index in [-0.39, 0.29) is 24.4 Å². The number of nitrogens with zero attached hydrogens (tertiary/aromatic N) is 1. The number of anilines is 1. The van der Waals surface area contributed by atoms with Gasteiger partial charge in [0.2, 0.25) is 6.79 Å². The molecule has 0 unspecified atom stereocenters. The summed E-state index contributed by atoms with van der Waals surface area (Å²) in [6.45, 7) is 1.99. The summed E-state index contributed by atoms with van der Waals surface area (Å²) in [5.74, 6) is 1.47. The smallest absolute Gasteiger partial charge is 0.291 e. The molecule has 1 aromatic heterocycles. The molecule has 8 nitrogen and oxygen atoms in total. The Bertz CT molecular complexity index is 1300. The average molecular weight is 510 g/mol. The molecule has 3 aromatic rings. The molecular weight excluding hydrogens is 490 g/mol. The van der Waals surface area contributed by atoms with Crippen LogP contribution in [-0.2, 0) is 6.42 Å². The van der Waals surface area contributed by atoms with E-state index in [1.165, 1.54) is 0 Å². The number of carbonyl (C=O) groups is 2. The van der Waals surface area contributed by atoms with Gasteiger partial charge in [0, 0.05) is 33.8 Å². The standard InChI is InChI=1S/C24H20BrN3O5/c1-13-21-17(27-28-23(29)15-5-2-3-6-16(15)25)7-4-8-19(21)33-22(13)24(30)26-14-9-10-18-20(11-14)32-12-31-18/h2-3,5-6,9-11H,4,7-8,12H2,1H3,(H,26,30)(H,28,29)/b27-17+. The number of fused-ring (bicyclic) bond motifs is 2. The molecule has 5 rings (SSSR count). The first-order valence-electron chi connectivity index (χ1n) is 10.5. The SMILES string of the molecule is Cc1c(C(=O)Nc2ccc3c(c2)OCO3)oc2c1/C(=N/NC(=O)c1ccccc1Br)CCC2. The number of hydrogen-bond donors (Lipinski definition) is 2. The molecule has 1 aliphatic carbocycles. The molecule has 168 valence electrons. The van der Waals surface area contributed by atoms with Gasteiger partial charge in [-0.3, -0.25) is 9.59 Å². The number of benzene rings is 2. The lowest BCUT2D eigenvalue weighted by molar-refractivity contribution is 0.0952. The first-order chi connectivity index (χ1) is 16.0. The third-order valence-corrected chi connectivity index (χ3v) is 6.26. The fourth-order valence-corrected chi connectivity index (χ4v) is 4.45. The number of halogens is 1. The normalized spacial score (nSPS) is 15.3. The minimum atomic E-state index is -0.364. The van der Waals surface area contributed by atoms with Crippen molar-refractivity contribution >= 4 is 39.1 Å². The summed E-state index contributed by atoms with van der Waals surface area (Å²) in [5.41, 5.74) is 5.87. The lowest BCUT2D eigenvalue weighted by Crippen LogP contribution is -2.22. The van der Waals surface area contributed by atoms with Crippen LogP contribution in [0, 0.1) is 6.92 Å². The van der Waals surface area contributed by atoms with Crippen LogP contribution < -0.4 is 20.2 Å². The molecule has 0 saturated carbocycles. The van der Waals surface area contributed by atoms with Crippen LogP contribution in [0.2, 0.25) is 0 Å². The minimum absolute atomic E-state index is 0.163. The molecule has 0 spiro atoms. The maximum absolute atomic E-state index is 13.0. The Morgan fingerprint density at radius 1 is 1.03 bits per heavy atom. The zero-order chi connectivity index (χ0) is 22.9. The van der Waals surface area contributed by atoms with Crippen LogP contribution in [0.15, 0.2) is 56.5 Å². The molecule has 9 heteroatoms. The lowest BCUT2D eigenvalue weighted by Gasteiger charge is -2.13. The van der Waals surface area contributed by atoms with Crippen molar-refractivity contribution < 1.29 is 23.5 Å². The lowest BCUT2D eigenvalue weighted by atomic mass is 9.93. The highest BCUT2D eigenvalue weighted by atomic mass is 79.9. The molecule has 0 radical (unpaired) electrons. The Labute approximate surface area is 198 Å². The summed E-state index contributed by atoms with van der Waals surface area (Å²) in [6.07, 6.45) is 2.18.